The normalized spacial score (nSPS) is 25.3. The number of carbonyl (C=O) groups is 2. The van der Waals surface area contributed by atoms with E-state index in [1.54, 1.807) is 0 Å². The molecule has 0 N–H and O–H groups in total. The molecule has 1 aromatic rings. The van der Waals surface area contributed by atoms with Crippen LogP contribution in [0, 0.1) is 5.92 Å². The van der Waals surface area contributed by atoms with E-state index in [0.29, 0.717) is 6.54 Å². The molecule has 3 atom stereocenters. The number of benzene rings is 1. The Morgan fingerprint density at radius 3 is 2.58 bits per heavy atom. The molecule has 2 rings (SSSR count). The molecule has 0 saturated carbocycles. The van der Waals surface area contributed by atoms with Crippen LogP contribution < -0.4 is 0 Å². The van der Waals surface area contributed by atoms with Gasteiger partial charge < -0.3 is 4.74 Å². The summed E-state index contributed by atoms with van der Waals surface area (Å²) in [6.07, 6.45) is 0. The van der Waals surface area contributed by atoms with Gasteiger partial charge in [-0.25, -0.2) is 0 Å². The Labute approximate surface area is 113 Å². The average Bonchev–Trinajstić information content (AvgIpc) is 2.73. The van der Waals surface area contributed by atoms with Crippen LogP contribution in [0.4, 0.5) is 0 Å². The van der Waals surface area contributed by atoms with Crippen LogP contribution in [0.5, 0.6) is 0 Å². The number of ketones is 1. The van der Waals surface area contributed by atoms with Crippen LogP contribution in [0.3, 0.4) is 0 Å². The van der Waals surface area contributed by atoms with Crippen LogP contribution >= 0.6 is 0 Å². The Morgan fingerprint density at radius 2 is 2.00 bits per heavy atom. The molecule has 0 spiro atoms. The van der Waals surface area contributed by atoms with Crippen molar-refractivity contribution in [2.45, 2.75) is 25.9 Å². The van der Waals surface area contributed by atoms with Gasteiger partial charge in [-0.3, -0.25) is 14.5 Å². The van der Waals surface area contributed by atoms with Crippen LogP contribution in [-0.2, 0) is 14.3 Å². The molecular formula is C15H19NO3. The van der Waals surface area contributed by atoms with Crippen molar-refractivity contribution in [3.05, 3.63) is 35.9 Å². The van der Waals surface area contributed by atoms with Crippen LogP contribution in [0.25, 0.3) is 0 Å². The van der Waals surface area contributed by atoms with E-state index in [2.05, 4.69) is 11.8 Å². The Hall–Kier alpha value is -1.68. The maximum absolute atomic E-state index is 12.0. The third-order valence-corrected chi connectivity index (χ3v) is 3.93. The highest BCUT2D eigenvalue weighted by Gasteiger charge is 2.45. The van der Waals surface area contributed by atoms with Crippen molar-refractivity contribution >= 4 is 11.8 Å². The number of methoxy groups -OCH3 is 1. The summed E-state index contributed by atoms with van der Waals surface area (Å²) in [6, 6.07) is 9.97. The predicted octanol–water partition coefficient (Wildman–Crippen LogP) is 1.81. The van der Waals surface area contributed by atoms with Gasteiger partial charge in [-0.15, -0.1) is 0 Å². The molecule has 4 heteroatoms. The lowest BCUT2D eigenvalue weighted by Gasteiger charge is -2.29. The van der Waals surface area contributed by atoms with Gasteiger partial charge in [0.2, 0.25) is 0 Å². The molecule has 0 radical (unpaired) electrons. The molecule has 102 valence electrons. The van der Waals surface area contributed by atoms with E-state index >= 15 is 0 Å². The van der Waals surface area contributed by atoms with Gasteiger partial charge in [0.05, 0.1) is 13.7 Å². The summed E-state index contributed by atoms with van der Waals surface area (Å²) in [4.78, 5) is 25.7. The summed E-state index contributed by atoms with van der Waals surface area (Å²) < 4.78 is 4.72. The first-order valence-electron chi connectivity index (χ1n) is 6.47. The van der Waals surface area contributed by atoms with E-state index < -0.39 is 11.9 Å². The summed E-state index contributed by atoms with van der Waals surface area (Å²) in [5.41, 5.74) is 1.15. The van der Waals surface area contributed by atoms with Gasteiger partial charge in [-0.05, 0) is 19.4 Å². The maximum Gasteiger partial charge on any atom is 0.317 e. The fourth-order valence-electron chi connectivity index (χ4n) is 2.75. The van der Waals surface area contributed by atoms with Gasteiger partial charge in [0.15, 0.2) is 5.78 Å². The number of nitrogens with zero attached hydrogens (tertiary/aromatic N) is 1. The third-order valence-electron chi connectivity index (χ3n) is 3.93. The number of likely N-dealkylation sites (tertiary alicyclic amines) is 1. The molecule has 0 amide bonds. The first kappa shape index (κ1) is 13.7. The molecule has 1 saturated heterocycles. The molecule has 1 heterocycles. The van der Waals surface area contributed by atoms with Crippen LogP contribution in [0.15, 0.2) is 30.3 Å². The van der Waals surface area contributed by atoms with Crippen molar-refractivity contribution in [3.8, 4) is 0 Å². The van der Waals surface area contributed by atoms with Crippen LogP contribution in [0.1, 0.15) is 25.5 Å². The number of carbonyl (C=O) groups excluding carboxylic acids is 2. The second kappa shape index (κ2) is 5.53. The molecule has 19 heavy (non-hydrogen) atoms. The Morgan fingerprint density at radius 1 is 1.37 bits per heavy atom. The number of Topliss-reactive ketones (excluding diaryl/α,β-unsaturated/α-hetero) is 1. The van der Waals surface area contributed by atoms with Gasteiger partial charge in [0.1, 0.15) is 5.92 Å². The Kier molecular flexibility index (Phi) is 4.00. The van der Waals surface area contributed by atoms with Gasteiger partial charge in [0, 0.05) is 12.1 Å². The van der Waals surface area contributed by atoms with Crippen molar-refractivity contribution in [1.82, 2.24) is 4.90 Å². The fourth-order valence-corrected chi connectivity index (χ4v) is 2.75. The zero-order valence-electron chi connectivity index (χ0n) is 11.5. The fraction of sp³-hybridized carbons (Fsp3) is 0.467. The first-order valence-corrected chi connectivity index (χ1v) is 6.47. The topological polar surface area (TPSA) is 46.6 Å². The van der Waals surface area contributed by atoms with E-state index in [4.69, 9.17) is 4.74 Å². The average molecular weight is 261 g/mol. The minimum absolute atomic E-state index is 0.0536. The smallest absolute Gasteiger partial charge is 0.317 e. The molecule has 0 bridgehead atoms. The Bertz CT molecular complexity index is 472. The lowest BCUT2D eigenvalue weighted by atomic mass is 10.00. The molecule has 1 aliphatic heterocycles. The number of rotatable bonds is 3. The van der Waals surface area contributed by atoms with Crippen molar-refractivity contribution in [2.75, 3.05) is 13.7 Å². The molecular weight excluding hydrogens is 242 g/mol. The second-order valence-electron chi connectivity index (χ2n) is 4.97. The van der Waals surface area contributed by atoms with Crippen molar-refractivity contribution in [3.63, 3.8) is 0 Å². The quantitative estimate of drug-likeness (QED) is 0.615. The summed E-state index contributed by atoms with van der Waals surface area (Å²) in [6.45, 7) is 4.27. The minimum atomic E-state index is -0.656. The van der Waals surface area contributed by atoms with Crippen molar-refractivity contribution in [2.24, 2.45) is 5.92 Å². The highest BCUT2D eigenvalue weighted by Crippen LogP contribution is 2.31. The minimum Gasteiger partial charge on any atom is -0.468 e. The van der Waals surface area contributed by atoms with Crippen LogP contribution in [-0.4, -0.2) is 36.3 Å². The maximum atomic E-state index is 12.0. The number of hydrogen-bond donors (Lipinski definition) is 0. The van der Waals surface area contributed by atoms with E-state index in [9.17, 15) is 9.59 Å². The van der Waals surface area contributed by atoms with Crippen molar-refractivity contribution < 1.29 is 14.3 Å². The van der Waals surface area contributed by atoms with Gasteiger partial charge >= 0.3 is 5.97 Å². The number of ether oxygens (including phenoxy) is 1. The van der Waals surface area contributed by atoms with Gasteiger partial charge in [-0.2, -0.15) is 0 Å². The zero-order chi connectivity index (χ0) is 14.0. The van der Waals surface area contributed by atoms with E-state index in [0.717, 1.165) is 5.56 Å². The lowest BCUT2D eigenvalue weighted by Crippen LogP contribution is -2.35. The van der Waals surface area contributed by atoms with Gasteiger partial charge in [-0.1, -0.05) is 30.3 Å². The molecule has 4 nitrogen and oxygen atoms in total. The highest BCUT2D eigenvalue weighted by molar-refractivity contribution is 6.02. The van der Waals surface area contributed by atoms with E-state index in [1.807, 2.05) is 37.3 Å². The summed E-state index contributed by atoms with van der Waals surface area (Å²) in [7, 11) is 1.33. The van der Waals surface area contributed by atoms with Crippen LogP contribution in [0.2, 0.25) is 0 Å². The standard InChI is InChI=1S/C15H19NO3/c1-10(12-7-5-4-6-8-12)16-9-13(17)14(11(16)2)15(18)19-3/h4-8,10-11,14H,9H2,1-3H3/t10-,11-,14+/m1/s1. The SMILES string of the molecule is COC(=O)[C@@H]1C(=O)CN([C@H](C)c2ccccc2)[C@@H]1C. The molecule has 0 unspecified atom stereocenters. The summed E-state index contributed by atoms with van der Waals surface area (Å²) in [5.74, 6) is -1.14. The van der Waals surface area contributed by atoms with E-state index in [-0.39, 0.29) is 17.9 Å². The van der Waals surface area contributed by atoms with Crippen molar-refractivity contribution in [1.29, 1.82) is 0 Å². The molecule has 0 aromatic heterocycles. The third kappa shape index (κ3) is 2.54. The monoisotopic (exact) mass is 261 g/mol. The molecule has 1 fully saturated rings. The van der Waals surface area contributed by atoms with E-state index in [1.165, 1.54) is 7.11 Å². The summed E-state index contributed by atoms with van der Waals surface area (Å²) >= 11 is 0. The second-order valence-corrected chi connectivity index (χ2v) is 4.97. The predicted molar refractivity (Wildman–Crippen MR) is 71.5 cm³/mol. The summed E-state index contributed by atoms with van der Waals surface area (Å²) in [5, 5.41) is 0. The lowest BCUT2D eigenvalue weighted by molar-refractivity contribution is -0.148. The molecule has 0 aliphatic carbocycles. The number of hydrogen-bond acceptors (Lipinski definition) is 4. The zero-order valence-corrected chi connectivity index (χ0v) is 11.5. The Balaban J connectivity index is 2.19. The van der Waals surface area contributed by atoms with Gasteiger partial charge in [0.25, 0.3) is 0 Å². The molecule has 1 aromatic carbocycles. The molecule has 1 aliphatic rings. The highest BCUT2D eigenvalue weighted by atomic mass is 16.5. The first-order chi connectivity index (χ1) is 9.06. The number of esters is 1. The largest absolute Gasteiger partial charge is 0.468 e.